The van der Waals surface area contributed by atoms with Crippen molar-refractivity contribution in [3.05, 3.63) is 83.9 Å². The monoisotopic (exact) mass is 450 g/mol. The van der Waals surface area contributed by atoms with Crippen LogP contribution in [0.15, 0.2) is 67.0 Å². The van der Waals surface area contributed by atoms with Gasteiger partial charge >= 0.3 is 0 Å². The van der Waals surface area contributed by atoms with Crippen LogP contribution in [0.2, 0.25) is 0 Å². The number of ether oxygens (including phenoxy) is 1. The average molecular weight is 450 g/mol. The van der Waals surface area contributed by atoms with Crippen molar-refractivity contribution in [2.45, 2.75) is 12.8 Å². The summed E-state index contributed by atoms with van der Waals surface area (Å²) in [5.74, 6) is -0.925. The average Bonchev–Trinajstić information content (AvgIpc) is 2.83. The van der Waals surface area contributed by atoms with E-state index >= 15 is 0 Å². The van der Waals surface area contributed by atoms with Crippen LogP contribution in [0.25, 0.3) is 0 Å². The number of methoxy groups -OCH3 is 1. The number of aromatic nitrogens is 1. The summed E-state index contributed by atoms with van der Waals surface area (Å²) in [6, 6.07) is 13.4. The Morgan fingerprint density at radius 2 is 1.76 bits per heavy atom. The Hall–Kier alpha value is -4.27. The SMILES string of the molecule is COc1cc(NC(=O)CCCNC(=O)c2ccc(F)cc2)ccc1NC(=O)c1cccnc1. The van der Waals surface area contributed by atoms with Crippen molar-refractivity contribution in [2.75, 3.05) is 24.3 Å². The molecule has 0 bridgehead atoms. The largest absolute Gasteiger partial charge is 0.494 e. The lowest BCUT2D eigenvalue weighted by molar-refractivity contribution is -0.116. The van der Waals surface area contributed by atoms with Crippen molar-refractivity contribution in [1.29, 1.82) is 0 Å². The summed E-state index contributed by atoms with van der Waals surface area (Å²) in [5.41, 5.74) is 1.71. The highest BCUT2D eigenvalue weighted by Gasteiger charge is 2.12. The first kappa shape index (κ1) is 23.4. The second-order valence-electron chi connectivity index (χ2n) is 7.03. The molecule has 2 aromatic carbocycles. The molecule has 3 amide bonds. The van der Waals surface area contributed by atoms with Gasteiger partial charge in [0.25, 0.3) is 11.8 Å². The van der Waals surface area contributed by atoms with E-state index in [9.17, 15) is 18.8 Å². The third kappa shape index (κ3) is 6.86. The van der Waals surface area contributed by atoms with Crippen LogP contribution in [0.4, 0.5) is 15.8 Å². The molecule has 0 aliphatic heterocycles. The summed E-state index contributed by atoms with van der Waals surface area (Å²) in [4.78, 5) is 40.4. The summed E-state index contributed by atoms with van der Waals surface area (Å²) < 4.78 is 18.2. The normalized spacial score (nSPS) is 10.2. The molecule has 1 aromatic heterocycles. The Kier molecular flexibility index (Phi) is 8.07. The van der Waals surface area contributed by atoms with Crippen molar-refractivity contribution in [3.8, 4) is 5.75 Å². The van der Waals surface area contributed by atoms with E-state index in [0.717, 1.165) is 0 Å². The predicted molar refractivity (Wildman–Crippen MR) is 122 cm³/mol. The van der Waals surface area contributed by atoms with E-state index < -0.39 is 5.82 Å². The Labute approximate surface area is 190 Å². The van der Waals surface area contributed by atoms with E-state index in [-0.39, 0.29) is 24.1 Å². The molecule has 1 heterocycles. The number of carbonyl (C=O) groups is 3. The van der Waals surface area contributed by atoms with Crippen molar-refractivity contribution in [2.24, 2.45) is 0 Å². The van der Waals surface area contributed by atoms with Crippen LogP contribution in [0, 0.1) is 5.82 Å². The number of amides is 3. The number of pyridine rings is 1. The smallest absolute Gasteiger partial charge is 0.257 e. The minimum absolute atomic E-state index is 0.186. The van der Waals surface area contributed by atoms with E-state index in [1.54, 1.807) is 36.5 Å². The number of benzene rings is 2. The Morgan fingerprint density at radius 3 is 2.45 bits per heavy atom. The van der Waals surface area contributed by atoms with Gasteiger partial charge in [-0.05, 0) is 55.0 Å². The first-order chi connectivity index (χ1) is 16.0. The van der Waals surface area contributed by atoms with Crippen LogP contribution in [0.3, 0.4) is 0 Å². The number of nitrogens with zero attached hydrogens (tertiary/aromatic N) is 1. The number of halogens is 1. The van der Waals surface area contributed by atoms with Gasteiger partial charge in [-0.15, -0.1) is 0 Å². The molecule has 0 saturated carbocycles. The Morgan fingerprint density at radius 1 is 0.970 bits per heavy atom. The molecule has 0 aliphatic rings. The molecular weight excluding hydrogens is 427 g/mol. The van der Waals surface area contributed by atoms with Gasteiger partial charge in [-0.2, -0.15) is 0 Å². The second-order valence-corrected chi connectivity index (χ2v) is 7.03. The zero-order chi connectivity index (χ0) is 23.6. The summed E-state index contributed by atoms with van der Waals surface area (Å²) >= 11 is 0. The lowest BCUT2D eigenvalue weighted by atomic mass is 10.2. The molecule has 0 fully saturated rings. The van der Waals surface area contributed by atoms with Crippen molar-refractivity contribution in [3.63, 3.8) is 0 Å². The third-order valence-electron chi connectivity index (χ3n) is 4.63. The molecule has 0 saturated heterocycles. The summed E-state index contributed by atoms with van der Waals surface area (Å²) in [5, 5.41) is 8.20. The third-order valence-corrected chi connectivity index (χ3v) is 4.63. The zero-order valence-corrected chi connectivity index (χ0v) is 17.9. The van der Waals surface area contributed by atoms with Crippen LogP contribution in [-0.4, -0.2) is 36.4 Å². The van der Waals surface area contributed by atoms with Gasteiger partial charge in [0.1, 0.15) is 11.6 Å². The molecule has 33 heavy (non-hydrogen) atoms. The first-order valence-corrected chi connectivity index (χ1v) is 10.2. The summed E-state index contributed by atoms with van der Waals surface area (Å²) in [6.07, 6.45) is 3.65. The number of carbonyl (C=O) groups excluding carboxylic acids is 3. The highest BCUT2D eigenvalue weighted by molar-refractivity contribution is 6.05. The number of anilines is 2. The van der Waals surface area contributed by atoms with Crippen LogP contribution >= 0.6 is 0 Å². The van der Waals surface area contributed by atoms with Gasteiger partial charge in [0.2, 0.25) is 5.91 Å². The highest BCUT2D eigenvalue weighted by atomic mass is 19.1. The molecular formula is C24H23FN4O4. The van der Waals surface area contributed by atoms with E-state index in [1.807, 2.05) is 0 Å². The minimum atomic E-state index is -0.413. The molecule has 0 aliphatic carbocycles. The maximum Gasteiger partial charge on any atom is 0.257 e. The molecule has 0 spiro atoms. The zero-order valence-electron chi connectivity index (χ0n) is 17.9. The molecule has 3 rings (SSSR count). The fraction of sp³-hybridized carbons (Fsp3) is 0.167. The number of hydrogen-bond donors (Lipinski definition) is 3. The number of rotatable bonds is 9. The Bertz CT molecular complexity index is 1120. The predicted octanol–water partition coefficient (Wildman–Crippen LogP) is 3.63. The van der Waals surface area contributed by atoms with Gasteiger partial charge in [-0.25, -0.2) is 4.39 Å². The van der Waals surface area contributed by atoms with Gasteiger partial charge < -0.3 is 20.7 Å². The Balaban J connectivity index is 1.47. The standard InChI is InChI=1S/C24H23FN4O4/c1-33-21-14-19(10-11-20(21)29-24(32)17-4-2-12-26-15-17)28-22(30)5-3-13-27-23(31)16-6-8-18(25)9-7-16/h2,4,6-12,14-15H,3,5,13H2,1H3,(H,27,31)(H,28,30)(H,29,32). The van der Waals surface area contributed by atoms with E-state index in [4.69, 9.17) is 4.74 Å². The molecule has 0 unspecified atom stereocenters. The van der Waals surface area contributed by atoms with Crippen LogP contribution in [-0.2, 0) is 4.79 Å². The van der Waals surface area contributed by atoms with E-state index in [0.29, 0.717) is 41.2 Å². The fourth-order valence-corrected chi connectivity index (χ4v) is 2.94. The first-order valence-electron chi connectivity index (χ1n) is 10.2. The molecule has 3 aromatic rings. The molecule has 0 radical (unpaired) electrons. The van der Waals surface area contributed by atoms with Gasteiger partial charge in [0.05, 0.1) is 18.4 Å². The fourth-order valence-electron chi connectivity index (χ4n) is 2.94. The van der Waals surface area contributed by atoms with Gasteiger partial charge in [-0.1, -0.05) is 0 Å². The van der Waals surface area contributed by atoms with Crippen LogP contribution in [0.5, 0.6) is 5.75 Å². The van der Waals surface area contributed by atoms with Gasteiger partial charge in [0.15, 0.2) is 0 Å². The maximum atomic E-state index is 12.9. The summed E-state index contributed by atoms with van der Waals surface area (Å²) in [6.45, 7) is 0.298. The summed E-state index contributed by atoms with van der Waals surface area (Å²) in [7, 11) is 1.46. The van der Waals surface area contributed by atoms with E-state index in [2.05, 4.69) is 20.9 Å². The molecule has 9 heteroatoms. The minimum Gasteiger partial charge on any atom is -0.494 e. The van der Waals surface area contributed by atoms with Crippen molar-refractivity contribution < 1.29 is 23.5 Å². The molecule has 8 nitrogen and oxygen atoms in total. The molecule has 0 atom stereocenters. The maximum absolute atomic E-state index is 12.9. The molecule has 170 valence electrons. The second kappa shape index (κ2) is 11.4. The number of nitrogens with one attached hydrogen (secondary N) is 3. The van der Waals surface area contributed by atoms with Crippen LogP contribution in [0.1, 0.15) is 33.6 Å². The number of hydrogen-bond acceptors (Lipinski definition) is 5. The highest BCUT2D eigenvalue weighted by Crippen LogP contribution is 2.28. The van der Waals surface area contributed by atoms with Crippen molar-refractivity contribution >= 4 is 29.1 Å². The molecule has 3 N–H and O–H groups in total. The lowest BCUT2D eigenvalue weighted by Crippen LogP contribution is -2.25. The lowest BCUT2D eigenvalue weighted by Gasteiger charge is -2.13. The quantitative estimate of drug-likeness (QED) is 0.432. The van der Waals surface area contributed by atoms with Gasteiger partial charge in [-0.3, -0.25) is 19.4 Å². The van der Waals surface area contributed by atoms with Crippen molar-refractivity contribution in [1.82, 2.24) is 10.3 Å². The van der Waals surface area contributed by atoms with Crippen LogP contribution < -0.4 is 20.7 Å². The topological polar surface area (TPSA) is 109 Å². The van der Waals surface area contributed by atoms with Gasteiger partial charge in [0, 0.05) is 42.7 Å². The van der Waals surface area contributed by atoms with E-state index in [1.165, 1.54) is 37.6 Å².